The summed E-state index contributed by atoms with van der Waals surface area (Å²) >= 11 is 6.01. The van der Waals surface area contributed by atoms with Crippen molar-refractivity contribution in [2.45, 2.75) is 87.6 Å². The first kappa shape index (κ1) is 31.5. The van der Waals surface area contributed by atoms with E-state index >= 15 is 0 Å². The zero-order valence-corrected chi connectivity index (χ0v) is 25.9. The molecule has 2 N–H and O–H groups in total. The molecule has 4 rings (SSSR count). The van der Waals surface area contributed by atoms with Crippen LogP contribution in [0.25, 0.3) is 0 Å². The third-order valence-electron chi connectivity index (χ3n) is 8.77. The lowest BCUT2D eigenvalue weighted by atomic mass is 9.82. The van der Waals surface area contributed by atoms with Gasteiger partial charge in [0.1, 0.15) is 0 Å². The average molecular weight is 602 g/mol. The molecule has 2 fully saturated rings. The fraction of sp³-hybridized carbons (Fsp3) is 0.562. The standard InChI is InChI=1S/C32H44ClN3O4S/c1-3-29(23-11-15-28(16-12-23)41(2,39)40)32(38)34-27-17-20-36(21-18-27)22-19-30(24-7-5-4-6-8-24)35-31(37)25-9-13-26(33)14-10-25/h9-16,24,27,29-30H,3-8,17-22H2,1-2H3,(H,34,38)(H,35,37). The van der Waals surface area contributed by atoms with Crippen LogP contribution < -0.4 is 10.6 Å². The Labute approximate surface area is 250 Å². The van der Waals surface area contributed by atoms with Crippen LogP contribution >= 0.6 is 11.6 Å². The molecule has 2 aromatic carbocycles. The van der Waals surface area contributed by atoms with Gasteiger partial charge >= 0.3 is 0 Å². The zero-order valence-electron chi connectivity index (χ0n) is 24.3. The van der Waals surface area contributed by atoms with Gasteiger partial charge in [-0.25, -0.2) is 8.42 Å². The minimum Gasteiger partial charge on any atom is -0.353 e. The molecule has 2 amide bonds. The van der Waals surface area contributed by atoms with Gasteiger partial charge in [0.2, 0.25) is 5.91 Å². The molecule has 0 bridgehead atoms. The molecular formula is C32H44ClN3O4S. The number of halogens is 1. The highest BCUT2D eigenvalue weighted by atomic mass is 35.5. The lowest BCUT2D eigenvalue weighted by molar-refractivity contribution is -0.123. The number of rotatable bonds is 11. The van der Waals surface area contributed by atoms with Crippen LogP contribution in [0.1, 0.15) is 86.6 Å². The quantitative estimate of drug-likeness (QED) is 0.350. The van der Waals surface area contributed by atoms with E-state index in [0.29, 0.717) is 22.9 Å². The smallest absolute Gasteiger partial charge is 0.251 e. The normalized spacial score (nSPS) is 18.9. The number of carbonyl (C=O) groups excluding carboxylic acids is 2. The molecule has 0 spiro atoms. The van der Waals surface area contributed by atoms with E-state index in [1.165, 1.54) is 25.5 Å². The largest absolute Gasteiger partial charge is 0.353 e. The molecule has 1 saturated carbocycles. The lowest BCUT2D eigenvalue weighted by Crippen LogP contribution is -2.48. The van der Waals surface area contributed by atoms with Gasteiger partial charge in [0.15, 0.2) is 9.84 Å². The second-order valence-corrected chi connectivity index (χ2v) is 14.2. The predicted molar refractivity (Wildman–Crippen MR) is 164 cm³/mol. The highest BCUT2D eigenvalue weighted by Gasteiger charge is 2.28. The molecule has 2 aliphatic rings. The third kappa shape index (κ3) is 9.03. The number of carbonyl (C=O) groups is 2. The Balaban J connectivity index is 1.27. The number of hydrogen-bond donors (Lipinski definition) is 2. The van der Waals surface area contributed by atoms with E-state index in [9.17, 15) is 18.0 Å². The fourth-order valence-corrected chi connectivity index (χ4v) is 7.02. The molecule has 0 aromatic heterocycles. The van der Waals surface area contributed by atoms with Crippen LogP contribution in [-0.4, -0.2) is 63.1 Å². The maximum atomic E-state index is 13.1. The minimum atomic E-state index is -3.27. The molecule has 9 heteroatoms. The Hall–Kier alpha value is -2.42. The molecule has 0 radical (unpaired) electrons. The van der Waals surface area contributed by atoms with Gasteiger partial charge in [-0.2, -0.15) is 0 Å². The average Bonchev–Trinajstić information content (AvgIpc) is 2.97. The number of nitrogens with one attached hydrogen (secondary N) is 2. The van der Waals surface area contributed by atoms with Crippen molar-refractivity contribution < 1.29 is 18.0 Å². The Morgan fingerprint density at radius 3 is 2.17 bits per heavy atom. The molecule has 2 aromatic rings. The van der Waals surface area contributed by atoms with Crippen molar-refractivity contribution >= 4 is 33.3 Å². The van der Waals surface area contributed by atoms with Crippen LogP contribution in [0.4, 0.5) is 0 Å². The van der Waals surface area contributed by atoms with E-state index < -0.39 is 9.84 Å². The number of nitrogens with zero attached hydrogens (tertiary/aromatic N) is 1. The lowest BCUT2D eigenvalue weighted by Gasteiger charge is -2.36. The Morgan fingerprint density at radius 1 is 0.951 bits per heavy atom. The van der Waals surface area contributed by atoms with Gasteiger partial charge in [-0.15, -0.1) is 0 Å². The summed E-state index contributed by atoms with van der Waals surface area (Å²) in [6, 6.07) is 14.0. The van der Waals surface area contributed by atoms with E-state index in [1.807, 2.05) is 6.92 Å². The van der Waals surface area contributed by atoms with E-state index in [1.54, 1.807) is 48.5 Å². The summed E-state index contributed by atoms with van der Waals surface area (Å²) in [5.74, 6) is 0.173. The second-order valence-electron chi connectivity index (χ2n) is 11.7. The van der Waals surface area contributed by atoms with Crippen molar-refractivity contribution in [3.63, 3.8) is 0 Å². The first-order valence-corrected chi connectivity index (χ1v) is 17.3. The maximum absolute atomic E-state index is 13.1. The van der Waals surface area contributed by atoms with Gasteiger partial charge in [0, 0.05) is 48.6 Å². The first-order chi connectivity index (χ1) is 19.6. The number of benzene rings is 2. The molecule has 41 heavy (non-hydrogen) atoms. The monoisotopic (exact) mass is 601 g/mol. The molecule has 1 saturated heterocycles. The van der Waals surface area contributed by atoms with Crippen LogP contribution in [0, 0.1) is 5.92 Å². The van der Waals surface area contributed by atoms with Crippen molar-refractivity contribution in [3.05, 3.63) is 64.7 Å². The highest BCUT2D eigenvalue weighted by molar-refractivity contribution is 7.90. The number of hydrogen-bond acceptors (Lipinski definition) is 5. The summed E-state index contributed by atoms with van der Waals surface area (Å²) in [5, 5.41) is 7.22. The van der Waals surface area contributed by atoms with Crippen LogP contribution in [0.15, 0.2) is 53.4 Å². The van der Waals surface area contributed by atoms with Gasteiger partial charge in [-0.05, 0) is 86.4 Å². The number of likely N-dealkylation sites (tertiary alicyclic amines) is 1. The van der Waals surface area contributed by atoms with Crippen molar-refractivity contribution in [2.24, 2.45) is 5.92 Å². The van der Waals surface area contributed by atoms with Crippen LogP contribution in [0.2, 0.25) is 5.02 Å². The zero-order chi connectivity index (χ0) is 29.4. The number of sulfone groups is 1. The van der Waals surface area contributed by atoms with Crippen LogP contribution in [-0.2, 0) is 14.6 Å². The van der Waals surface area contributed by atoms with E-state index in [2.05, 4.69) is 15.5 Å². The summed E-state index contributed by atoms with van der Waals surface area (Å²) in [4.78, 5) is 28.9. The first-order valence-electron chi connectivity index (χ1n) is 15.0. The van der Waals surface area contributed by atoms with E-state index in [-0.39, 0.29) is 34.7 Å². The number of amides is 2. The topological polar surface area (TPSA) is 95.6 Å². The van der Waals surface area contributed by atoms with E-state index in [0.717, 1.165) is 57.3 Å². The van der Waals surface area contributed by atoms with Gasteiger partial charge in [0.25, 0.3) is 5.91 Å². The summed E-state index contributed by atoms with van der Waals surface area (Å²) in [6.45, 7) is 4.72. The van der Waals surface area contributed by atoms with Crippen molar-refractivity contribution in [3.8, 4) is 0 Å². The summed E-state index contributed by atoms with van der Waals surface area (Å²) in [7, 11) is -3.27. The molecule has 7 nitrogen and oxygen atoms in total. The van der Waals surface area contributed by atoms with E-state index in [4.69, 9.17) is 11.6 Å². The molecular weight excluding hydrogens is 558 g/mol. The number of piperidine rings is 1. The van der Waals surface area contributed by atoms with Gasteiger partial charge in [-0.3, -0.25) is 9.59 Å². The second kappa shape index (κ2) is 14.7. The fourth-order valence-electron chi connectivity index (χ4n) is 6.26. The SMILES string of the molecule is CCC(C(=O)NC1CCN(CCC(NC(=O)c2ccc(Cl)cc2)C2CCCCC2)CC1)c1ccc(S(C)(=O)=O)cc1. The van der Waals surface area contributed by atoms with Gasteiger partial charge in [-0.1, -0.05) is 49.9 Å². The summed E-state index contributed by atoms with van der Waals surface area (Å²) in [5.41, 5.74) is 1.48. The highest BCUT2D eigenvalue weighted by Crippen LogP contribution is 2.29. The minimum absolute atomic E-state index is 0.000306. The molecule has 2 unspecified atom stereocenters. The molecule has 2 atom stereocenters. The van der Waals surface area contributed by atoms with Crippen molar-refractivity contribution in [1.82, 2.24) is 15.5 Å². The maximum Gasteiger partial charge on any atom is 0.251 e. The van der Waals surface area contributed by atoms with Crippen molar-refractivity contribution in [1.29, 1.82) is 0 Å². The van der Waals surface area contributed by atoms with Crippen molar-refractivity contribution in [2.75, 3.05) is 25.9 Å². The summed E-state index contributed by atoms with van der Waals surface area (Å²) < 4.78 is 23.6. The summed E-state index contributed by atoms with van der Waals surface area (Å²) in [6.07, 6.45) is 10.6. The molecule has 1 heterocycles. The van der Waals surface area contributed by atoms with Crippen LogP contribution in [0.5, 0.6) is 0 Å². The van der Waals surface area contributed by atoms with Gasteiger partial charge < -0.3 is 15.5 Å². The molecule has 1 aliphatic carbocycles. The Bertz CT molecular complexity index is 1250. The predicted octanol–water partition coefficient (Wildman–Crippen LogP) is 5.59. The molecule has 224 valence electrons. The van der Waals surface area contributed by atoms with Gasteiger partial charge in [0.05, 0.1) is 10.8 Å². The Kier molecular flexibility index (Phi) is 11.3. The Morgan fingerprint density at radius 2 is 1.59 bits per heavy atom. The van der Waals surface area contributed by atoms with Crippen LogP contribution in [0.3, 0.4) is 0 Å². The molecule has 1 aliphatic heterocycles. The third-order valence-corrected chi connectivity index (χ3v) is 10.1.